The minimum atomic E-state index is -0.769. The number of likely N-dealkylation sites (tertiary alicyclic amines) is 1. The molecular formula is C6H10N2O2. The predicted octanol–water partition coefficient (Wildman–Crippen LogP) is -0.290. The maximum Gasteiger partial charge on any atom is 0.407 e. The summed E-state index contributed by atoms with van der Waals surface area (Å²) in [4.78, 5) is 12.0. The Kier molecular flexibility index (Phi) is 1.11. The maximum atomic E-state index is 10.5. The van der Waals surface area contributed by atoms with E-state index in [-0.39, 0.29) is 6.04 Å². The Balaban J connectivity index is 2.05. The van der Waals surface area contributed by atoms with Crippen LogP contribution in [0.25, 0.3) is 0 Å². The average molecular weight is 142 g/mol. The lowest BCUT2D eigenvalue weighted by Crippen LogP contribution is -2.60. The first-order valence-corrected chi connectivity index (χ1v) is 3.52. The topological polar surface area (TPSA) is 52.6 Å². The van der Waals surface area contributed by atoms with Crippen molar-refractivity contribution in [1.29, 1.82) is 0 Å². The quantitative estimate of drug-likeness (QED) is 0.488. The van der Waals surface area contributed by atoms with Crippen molar-refractivity contribution < 1.29 is 9.90 Å². The summed E-state index contributed by atoms with van der Waals surface area (Å²) < 4.78 is 0. The molecule has 1 amide bonds. The molecule has 0 aromatic carbocycles. The first-order chi connectivity index (χ1) is 4.79. The van der Waals surface area contributed by atoms with E-state index in [9.17, 15) is 4.79 Å². The van der Waals surface area contributed by atoms with E-state index >= 15 is 0 Å². The number of carbonyl (C=O) groups is 1. The molecule has 1 unspecified atom stereocenters. The van der Waals surface area contributed by atoms with E-state index in [1.807, 2.05) is 0 Å². The van der Waals surface area contributed by atoms with Gasteiger partial charge in [-0.25, -0.2) is 4.79 Å². The Morgan fingerprint density at radius 1 is 1.70 bits per heavy atom. The van der Waals surface area contributed by atoms with Gasteiger partial charge in [0.25, 0.3) is 0 Å². The van der Waals surface area contributed by atoms with Gasteiger partial charge in [-0.3, -0.25) is 0 Å². The Morgan fingerprint density at radius 2 is 2.50 bits per heavy atom. The zero-order chi connectivity index (χ0) is 7.14. The van der Waals surface area contributed by atoms with Gasteiger partial charge in [0.15, 0.2) is 0 Å². The number of hydrogen-bond donors (Lipinski definition) is 2. The van der Waals surface area contributed by atoms with Gasteiger partial charge in [0, 0.05) is 19.1 Å². The largest absolute Gasteiger partial charge is 0.465 e. The summed E-state index contributed by atoms with van der Waals surface area (Å²) in [6.07, 6.45) is 0.214. The molecule has 2 aliphatic heterocycles. The third-order valence-electron chi connectivity index (χ3n) is 2.38. The molecule has 2 aliphatic rings. The van der Waals surface area contributed by atoms with Crippen LogP contribution in [0.1, 0.15) is 6.42 Å². The van der Waals surface area contributed by atoms with Gasteiger partial charge in [-0.2, -0.15) is 0 Å². The van der Waals surface area contributed by atoms with Crippen LogP contribution in [0.2, 0.25) is 0 Å². The van der Waals surface area contributed by atoms with Crippen LogP contribution in [0.5, 0.6) is 0 Å². The zero-order valence-corrected chi connectivity index (χ0v) is 5.58. The molecule has 0 saturated carbocycles. The molecule has 0 aromatic heterocycles. The van der Waals surface area contributed by atoms with Crippen LogP contribution in [0.3, 0.4) is 0 Å². The lowest BCUT2D eigenvalue weighted by Gasteiger charge is -2.35. The number of hydrogen-bond acceptors (Lipinski definition) is 2. The van der Waals surface area contributed by atoms with E-state index < -0.39 is 6.09 Å². The molecule has 4 nitrogen and oxygen atoms in total. The first kappa shape index (κ1) is 5.97. The molecule has 0 radical (unpaired) electrons. The Labute approximate surface area is 58.8 Å². The zero-order valence-electron chi connectivity index (χ0n) is 5.58. The van der Waals surface area contributed by atoms with Gasteiger partial charge in [-0.1, -0.05) is 0 Å². The van der Waals surface area contributed by atoms with Crippen molar-refractivity contribution in [3.05, 3.63) is 0 Å². The third-order valence-corrected chi connectivity index (χ3v) is 2.38. The summed E-state index contributed by atoms with van der Waals surface area (Å²) in [5.41, 5.74) is 0. The summed E-state index contributed by atoms with van der Waals surface area (Å²) in [5, 5.41) is 11.8. The highest BCUT2D eigenvalue weighted by Crippen LogP contribution is 2.23. The highest BCUT2D eigenvalue weighted by Gasteiger charge is 2.42. The molecule has 0 aromatic rings. The lowest BCUT2D eigenvalue weighted by molar-refractivity contribution is 0.121. The van der Waals surface area contributed by atoms with Crippen molar-refractivity contribution in [3.63, 3.8) is 0 Å². The van der Waals surface area contributed by atoms with Crippen LogP contribution in [-0.2, 0) is 0 Å². The Morgan fingerprint density at radius 3 is 2.80 bits per heavy atom. The molecule has 56 valence electrons. The normalized spacial score (nSPS) is 37.0. The van der Waals surface area contributed by atoms with Crippen molar-refractivity contribution in [2.24, 2.45) is 0 Å². The van der Waals surface area contributed by atoms with Gasteiger partial charge in [0.1, 0.15) is 0 Å². The molecule has 2 N–H and O–H groups in total. The molecule has 0 bridgehead atoms. The van der Waals surface area contributed by atoms with E-state index in [2.05, 4.69) is 5.32 Å². The fourth-order valence-corrected chi connectivity index (χ4v) is 1.69. The minimum absolute atomic E-state index is 0.275. The second kappa shape index (κ2) is 1.85. The monoisotopic (exact) mass is 142 g/mol. The smallest absolute Gasteiger partial charge is 0.407 e. The summed E-state index contributed by atoms with van der Waals surface area (Å²) in [6, 6.07) is 0.730. The van der Waals surface area contributed by atoms with Gasteiger partial charge in [0.05, 0.1) is 6.04 Å². The number of fused-ring (bicyclic) bond motifs is 1. The highest BCUT2D eigenvalue weighted by molar-refractivity contribution is 5.66. The number of nitrogens with zero attached hydrogens (tertiary/aromatic N) is 1. The van der Waals surface area contributed by atoms with Crippen molar-refractivity contribution in [2.45, 2.75) is 18.5 Å². The van der Waals surface area contributed by atoms with Crippen LogP contribution in [0.4, 0.5) is 4.79 Å². The molecule has 2 heterocycles. The van der Waals surface area contributed by atoms with Gasteiger partial charge >= 0.3 is 6.09 Å². The second-order valence-electron chi connectivity index (χ2n) is 2.85. The van der Waals surface area contributed by atoms with Gasteiger partial charge in [0.2, 0.25) is 0 Å². The molecule has 0 aliphatic carbocycles. The van der Waals surface area contributed by atoms with Crippen LogP contribution < -0.4 is 5.32 Å². The minimum Gasteiger partial charge on any atom is -0.465 e. The number of carboxylic acid groups (broad SMARTS) is 1. The van der Waals surface area contributed by atoms with Crippen molar-refractivity contribution >= 4 is 6.09 Å². The second-order valence-corrected chi connectivity index (χ2v) is 2.85. The number of amides is 1. The van der Waals surface area contributed by atoms with E-state index in [0.29, 0.717) is 12.6 Å². The van der Waals surface area contributed by atoms with Crippen LogP contribution in [0.15, 0.2) is 0 Å². The fourth-order valence-electron chi connectivity index (χ4n) is 1.69. The third kappa shape index (κ3) is 0.623. The maximum absolute atomic E-state index is 10.5. The SMILES string of the molecule is O=C(O)N1CC[C@H]2NCC21. The molecule has 2 saturated heterocycles. The first-order valence-electron chi connectivity index (χ1n) is 3.52. The highest BCUT2D eigenvalue weighted by atomic mass is 16.4. The Hall–Kier alpha value is -0.770. The average Bonchev–Trinajstić information content (AvgIpc) is 2.07. The summed E-state index contributed by atoms with van der Waals surface area (Å²) in [5.74, 6) is 0. The lowest BCUT2D eigenvalue weighted by atomic mass is 10.0. The summed E-state index contributed by atoms with van der Waals surface area (Å²) in [7, 11) is 0. The molecular weight excluding hydrogens is 132 g/mol. The van der Waals surface area contributed by atoms with Gasteiger partial charge < -0.3 is 15.3 Å². The van der Waals surface area contributed by atoms with Gasteiger partial charge in [-0.05, 0) is 6.42 Å². The van der Waals surface area contributed by atoms with Crippen molar-refractivity contribution in [3.8, 4) is 0 Å². The molecule has 2 fully saturated rings. The van der Waals surface area contributed by atoms with Crippen molar-refractivity contribution in [1.82, 2.24) is 10.2 Å². The number of rotatable bonds is 0. The van der Waals surface area contributed by atoms with E-state index in [1.54, 1.807) is 0 Å². The van der Waals surface area contributed by atoms with Gasteiger partial charge in [-0.15, -0.1) is 0 Å². The molecule has 10 heavy (non-hydrogen) atoms. The summed E-state index contributed by atoms with van der Waals surface area (Å²) >= 11 is 0. The standard InChI is InChI=1S/C6H10N2O2/c9-6(10)8-2-1-4-5(8)3-7-4/h4-5,7H,1-3H2,(H,9,10)/t4-,5?/m1/s1. The van der Waals surface area contributed by atoms with Crippen LogP contribution in [-0.4, -0.2) is 41.3 Å². The van der Waals surface area contributed by atoms with Crippen LogP contribution >= 0.6 is 0 Å². The Bertz CT molecular complexity index is 171. The molecule has 2 rings (SSSR count). The van der Waals surface area contributed by atoms with E-state index in [0.717, 1.165) is 13.0 Å². The predicted molar refractivity (Wildman–Crippen MR) is 34.9 cm³/mol. The van der Waals surface area contributed by atoms with E-state index in [1.165, 1.54) is 4.90 Å². The van der Waals surface area contributed by atoms with Crippen LogP contribution in [0, 0.1) is 0 Å². The summed E-state index contributed by atoms with van der Waals surface area (Å²) in [6.45, 7) is 1.55. The number of nitrogens with one attached hydrogen (secondary N) is 1. The van der Waals surface area contributed by atoms with Crippen molar-refractivity contribution in [2.75, 3.05) is 13.1 Å². The van der Waals surface area contributed by atoms with E-state index in [4.69, 9.17) is 5.11 Å². The molecule has 4 heteroatoms. The molecule has 2 atom stereocenters. The molecule has 0 spiro atoms. The fraction of sp³-hybridized carbons (Fsp3) is 0.833.